The highest BCUT2D eigenvalue weighted by molar-refractivity contribution is 5.20. The van der Waals surface area contributed by atoms with E-state index in [2.05, 4.69) is 6.92 Å². The van der Waals surface area contributed by atoms with Gasteiger partial charge in [0.1, 0.15) is 5.75 Å². The highest BCUT2D eigenvalue weighted by Crippen LogP contribution is 2.33. The van der Waals surface area contributed by atoms with Gasteiger partial charge in [-0.25, -0.2) is 0 Å². The number of para-hydroxylation sites is 1. The molecule has 0 heterocycles. The molecule has 0 aliphatic heterocycles. The third-order valence-corrected chi connectivity index (χ3v) is 4.43. The smallest absolute Gasteiger partial charge is 0.119 e. The van der Waals surface area contributed by atoms with Crippen LogP contribution >= 0.6 is 0 Å². The molecular weight excluding hydrogens is 232 g/mol. The zero-order chi connectivity index (χ0) is 13.3. The Labute approximate surface area is 118 Å². The van der Waals surface area contributed by atoms with Crippen LogP contribution in [0.1, 0.15) is 58.3 Å². The average Bonchev–Trinajstić information content (AvgIpc) is 2.47. The highest BCUT2D eigenvalue weighted by atomic mass is 16.5. The fraction of sp³-hybridized carbons (Fsp3) is 0.667. The maximum atomic E-state index is 5.76. The molecule has 1 aromatic rings. The molecule has 1 aliphatic carbocycles. The minimum absolute atomic E-state index is 0.874. The molecule has 0 saturated heterocycles. The van der Waals surface area contributed by atoms with Crippen molar-refractivity contribution in [2.45, 2.75) is 58.3 Å². The summed E-state index contributed by atoms with van der Waals surface area (Å²) in [4.78, 5) is 0. The zero-order valence-electron chi connectivity index (χ0n) is 12.3. The molecule has 1 heteroatoms. The van der Waals surface area contributed by atoms with Gasteiger partial charge in [-0.2, -0.15) is 0 Å². The van der Waals surface area contributed by atoms with Gasteiger partial charge in [0.25, 0.3) is 0 Å². The van der Waals surface area contributed by atoms with Crippen molar-refractivity contribution >= 4 is 0 Å². The zero-order valence-corrected chi connectivity index (χ0v) is 12.3. The third-order valence-electron chi connectivity index (χ3n) is 4.43. The second-order valence-corrected chi connectivity index (χ2v) is 5.98. The highest BCUT2D eigenvalue weighted by Gasteiger charge is 2.19. The van der Waals surface area contributed by atoms with E-state index in [1.807, 2.05) is 30.3 Å². The van der Waals surface area contributed by atoms with E-state index in [1.54, 1.807) is 0 Å². The molecule has 0 radical (unpaired) electrons. The van der Waals surface area contributed by atoms with E-state index < -0.39 is 0 Å². The van der Waals surface area contributed by atoms with E-state index in [-0.39, 0.29) is 0 Å². The summed E-state index contributed by atoms with van der Waals surface area (Å²) in [6.45, 7) is 3.19. The molecule has 1 fully saturated rings. The second kappa shape index (κ2) is 8.24. The Morgan fingerprint density at radius 3 is 2.21 bits per heavy atom. The summed E-state index contributed by atoms with van der Waals surface area (Å²) in [7, 11) is 0. The van der Waals surface area contributed by atoms with Crippen molar-refractivity contribution in [3.63, 3.8) is 0 Å². The van der Waals surface area contributed by atoms with Crippen molar-refractivity contribution in [3.05, 3.63) is 30.3 Å². The van der Waals surface area contributed by atoms with Crippen LogP contribution in [-0.4, -0.2) is 6.61 Å². The summed E-state index contributed by atoms with van der Waals surface area (Å²) in [5.74, 6) is 3.00. The molecule has 0 N–H and O–H groups in total. The minimum atomic E-state index is 0.874. The van der Waals surface area contributed by atoms with Gasteiger partial charge in [0, 0.05) is 0 Å². The van der Waals surface area contributed by atoms with E-state index in [0.29, 0.717) is 0 Å². The lowest BCUT2D eigenvalue weighted by Gasteiger charge is -2.28. The summed E-state index contributed by atoms with van der Waals surface area (Å²) >= 11 is 0. The van der Waals surface area contributed by atoms with Crippen LogP contribution in [0.2, 0.25) is 0 Å². The molecule has 106 valence electrons. The first-order valence-electron chi connectivity index (χ1n) is 8.06. The third kappa shape index (κ3) is 5.26. The van der Waals surface area contributed by atoms with E-state index in [0.717, 1.165) is 24.2 Å². The van der Waals surface area contributed by atoms with Crippen LogP contribution in [-0.2, 0) is 0 Å². The van der Waals surface area contributed by atoms with Crippen molar-refractivity contribution in [2.75, 3.05) is 6.61 Å². The number of rotatable bonds is 7. The Balaban J connectivity index is 1.55. The number of hydrogen-bond acceptors (Lipinski definition) is 1. The molecule has 1 saturated carbocycles. The van der Waals surface area contributed by atoms with Crippen molar-refractivity contribution in [1.82, 2.24) is 0 Å². The lowest BCUT2D eigenvalue weighted by Crippen LogP contribution is -2.15. The Bertz CT molecular complexity index is 325. The fourth-order valence-corrected chi connectivity index (χ4v) is 3.30. The van der Waals surface area contributed by atoms with E-state index >= 15 is 0 Å². The topological polar surface area (TPSA) is 9.23 Å². The molecule has 1 aromatic carbocycles. The fourth-order valence-electron chi connectivity index (χ4n) is 3.30. The van der Waals surface area contributed by atoms with Crippen LogP contribution in [0.15, 0.2) is 30.3 Å². The summed E-state index contributed by atoms with van der Waals surface area (Å²) in [5.41, 5.74) is 0. The summed E-state index contributed by atoms with van der Waals surface area (Å²) in [6, 6.07) is 10.2. The summed E-state index contributed by atoms with van der Waals surface area (Å²) in [5, 5.41) is 0. The second-order valence-electron chi connectivity index (χ2n) is 5.98. The lowest BCUT2D eigenvalue weighted by molar-refractivity contribution is 0.230. The first-order chi connectivity index (χ1) is 9.38. The van der Waals surface area contributed by atoms with Gasteiger partial charge in [0.2, 0.25) is 0 Å². The van der Waals surface area contributed by atoms with Crippen LogP contribution in [0.5, 0.6) is 5.75 Å². The standard InChI is InChI=1S/C18H28O/c1-2-7-16-11-13-17(14-12-16)8-6-15-19-18-9-4-3-5-10-18/h3-5,9-10,16-17H,2,6-8,11-15H2,1H3. The quantitative estimate of drug-likeness (QED) is 0.592. The summed E-state index contributed by atoms with van der Waals surface area (Å²) < 4.78 is 5.76. The van der Waals surface area contributed by atoms with Crippen LogP contribution < -0.4 is 4.74 Å². The summed E-state index contributed by atoms with van der Waals surface area (Å²) in [6.07, 6.45) is 11.2. The molecule has 1 nitrogen and oxygen atoms in total. The predicted molar refractivity (Wildman–Crippen MR) is 81.5 cm³/mol. The Hall–Kier alpha value is -0.980. The molecule has 0 spiro atoms. The normalized spacial score (nSPS) is 23.2. The monoisotopic (exact) mass is 260 g/mol. The molecule has 0 unspecified atom stereocenters. The number of benzene rings is 1. The van der Waals surface area contributed by atoms with Crippen molar-refractivity contribution < 1.29 is 4.74 Å². The molecule has 0 bridgehead atoms. The van der Waals surface area contributed by atoms with Crippen molar-refractivity contribution in [3.8, 4) is 5.75 Å². The van der Waals surface area contributed by atoms with Gasteiger partial charge in [-0.3, -0.25) is 0 Å². The van der Waals surface area contributed by atoms with Gasteiger partial charge < -0.3 is 4.74 Å². The van der Waals surface area contributed by atoms with Crippen LogP contribution in [0.3, 0.4) is 0 Å². The van der Waals surface area contributed by atoms with E-state index in [1.165, 1.54) is 51.4 Å². The Morgan fingerprint density at radius 2 is 1.58 bits per heavy atom. The Kier molecular flexibility index (Phi) is 6.26. The Morgan fingerprint density at radius 1 is 0.947 bits per heavy atom. The molecular formula is C18H28O. The molecule has 2 rings (SSSR count). The van der Waals surface area contributed by atoms with Gasteiger partial charge >= 0.3 is 0 Å². The molecule has 0 aromatic heterocycles. The maximum absolute atomic E-state index is 5.76. The minimum Gasteiger partial charge on any atom is -0.494 e. The van der Waals surface area contributed by atoms with Gasteiger partial charge in [0.05, 0.1) is 6.61 Å². The number of hydrogen-bond donors (Lipinski definition) is 0. The lowest BCUT2D eigenvalue weighted by atomic mass is 9.78. The van der Waals surface area contributed by atoms with Crippen LogP contribution in [0, 0.1) is 11.8 Å². The molecule has 19 heavy (non-hydrogen) atoms. The van der Waals surface area contributed by atoms with Gasteiger partial charge in [-0.1, -0.05) is 63.6 Å². The van der Waals surface area contributed by atoms with E-state index in [4.69, 9.17) is 4.74 Å². The molecule has 0 amide bonds. The molecule has 1 aliphatic rings. The first kappa shape index (κ1) is 14.4. The van der Waals surface area contributed by atoms with Gasteiger partial charge in [-0.15, -0.1) is 0 Å². The molecule has 0 atom stereocenters. The van der Waals surface area contributed by atoms with Gasteiger partial charge in [0.15, 0.2) is 0 Å². The first-order valence-corrected chi connectivity index (χ1v) is 8.06. The van der Waals surface area contributed by atoms with Crippen LogP contribution in [0.4, 0.5) is 0 Å². The number of ether oxygens (including phenoxy) is 1. The van der Waals surface area contributed by atoms with Crippen molar-refractivity contribution in [1.29, 1.82) is 0 Å². The predicted octanol–water partition coefficient (Wildman–Crippen LogP) is 5.45. The average molecular weight is 260 g/mol. The van der Waals surface area contributed by atoms with Crippen LogP contribution in [0.25, 0.3) is 0 Å². The largest absolute Gasteiger partial charge is 0.494 e. The van der Waals surface area contributed by atoms with Crippen molar-refractivity contribution in [2.24, 2.45) is 11.8 Å². The maximum Gasteiger partial charge on any atom is 0.119 e. The SMILES string of the molecule is CCCC1CCC(CCCOc2ccccc2)CC1. The van der Waals surface area contributed by atoms with Gasteiger partial charge in [-0.05, 0) is 36.8 Å². The van der Waals surface area contributed by atoms with E-state index in [9.17, 15) is 0 Å².